The summed E-state index contributed by atoms with van der Waals surface area (Å²) in [6.45, 7) is 9.49. The van der Waals surface area contributed by atoms with E-state index in [9.17, 15) is 9.90 Å². The van der Waals surface area contributed by atoms with E-state index in [1.54, 1.807) is 0 Å². The Hall–Kier alpha value is -0.570. The van der Waals surface area contributed by atoms with Gasteiger partial charge in [0.15, 0.2) is 0 Å². The maximum absolute atomic E-state index is 11.5. The molecule has 0 spiro atoms. The standard InChI is InChI=1S/C13H25NO2/c1-5-13(12(15)16)7-6-8-14(13)11(4)9-10(2)3/h10-11H,5-9H2,1-4H3,(H,15,16). The molecule has 1 aliphatic rings. The number of aliphatic carboxylic acids is 1. The van der Waals surface area contributed by atoms with Gasteiger partial charge in [-0.25, -0.2) is 0 Å². The Labute approximate surface area is 98.8 Å². The van der Waals surface area contributed by atoms with Crippen molar-refractivity contribution in [3.8, 4) is 0 Å². The summed E-state index contributed by atoms with van der Waals surface area (Å²) < 4.78 is 0. The molecule has 0 amide bonds. The zero-order valence-electron chi connectivity index (χ0n) is 11.0. The normalized spacial score (nSPS) is 28.6. The summed E-state index contributed by atoms with van der Waals surface area (Å²) in [5.41, 5.74) is -0.589. The quantitative estimate of drug-likeness (QED) is 0.785. The molecule has 3 nitrogen and oxygen atoms in total. The van der Waals surface area contributed by atoms with Crippen LogP contribution >= 0.6 is 0 Å². The molecule has 3 heteroatoms. The molecule has 2 unspecified atom stereocenters. The zero-order valence-corrected chi connectivity index (χ0v) is 11.0. The third-order valence-electron chi connectivity index (χ3n) is 3.87. The molecule has 1 fully saturated rings. The molecule has 0 aromatic carbocycles. The molecule has 0 saturated carbocycles. The Morgan fingerprint density at radius 3 is 2.50 bits per heavy atom. The van der Waals surface area contributed by atoms with Gasteiger partial charge in [-0.3, -0.25) is 9.69 Å². The van der Waals surface area contributed by atoms with Crippen molar-refractivity contribution in [3.63, 3.8) is 0 Å². The third kappa shape index (κ3) is 2.40. The minimum absolute atomic E-state index is 0.374. The number of nitrogens with zero attached hydrogens (tertiary/aromatic N) is 1. The Bertz CT molecular complexity index is 252. The highest BCUT2D eigenvalue weighted by Crippen LogP contribution is 2.35. The smallest absolute Gasteiger partial charge is 0.324 e. The highest BCUT2D eigenvalue weighted by molar-refractivity contribution is 5.79. The van der Waals surface area contributed by atoms with Crippen LogP contribution in [0.2, 0.25) is 0 Å². The average molecular weight is 227 g/mol. The Balaban J connectivity index is 2.81. The van der Waals surface area contributed by atoms with Gasteiger partial charge in [-0.1, -0.05) is 20.8 Å². The molecule has 0 aromatic rings. The van der Waals surface area contributed by atoms with E-state index in [2.05, 4.69) is 25.7 Å². The predicted octanol–water partition coefficient (Wildman–Crippen LogP) is 2.75. The monoisotopic (exact) mass is 227 g/mol. The molecule has 1 rings (SSSR count). The van der Waals surface area contributed by atoms with Crippen molar-refractivity contribution in [3.05, 3.63) is 0 Å². The Morgan fingerprint density at radius 2 is 2.06 bits per heavy atom. The van der Waals surface area contributed by atoms with Crippen molar-refractivity contribution in [2.24, 2.45) is 5.92 Å². The second-order valence-electron chi connectivity index (χ2n) is 5.47. The number of carbonyl (C=O) groups is 1. The lowest BCUT2D eigenvalue weighted by Crippen LogP contribution is -2.53. The lowest BCUT2D eigenvalue weighted by Gasteiger charge is -2.38. The van der Waals surface area contributed by atoms with Crippen LogP contribution in [-0.4, -0.2) is 34.1 Å². The number of likely N-dealkylation sites (tertiary alicyclic amines) is 1. The van der Waals surface area contributed by atoms with E-state index >= 15 is 0 Å². The summed E-state index contributed by atoms with van der Waals surface area (Å²) in [5, 5.41) is 9.48. The summed E-state index contributed by atoms with van der Waals surface area (Å²) in [7, 11) is 0. The second kappa shape index (κ2) is 5.17. The van der Waals surface area contributed by atoms with Gasteiger partial charge in [0.05, 0.1) is 0 Å². The molecule has 0 radical (unpaired) electrons. The first-order valence-electron chi connectivity index (χ1n) is 6.44. The summed E-state index contributed by atoms with van der Waals surface area (Å²) in [6, 6.07) is 0.374. The van der Waals surface area contributed by atoms with Gasteiger partial charge < -0.3 is 5.11 Å². The van der Waals surface area contributed by atoms with Gasteiger partial charge in [-0.2, -0.15) is 0 Å². The van der Waals surface area contributed by atoms with E-state index in [1.807, 2.05) is 6.92 Å². The van der Waals surface area contributed by atoms with Crippen LogP contribution < -0.4 is 0 Å². The van der Waals surface area contributed by atoms with Gasteiger partial charge in [0.2, 0.25) is 0 Å². The SMILES string of the molecule is CCC1(C(=O)O)CCCN1C(C)CC(C)C. The summed E-state index contributed by atoms with van der Waals surface area (Å²) in [5.74, 6) is -0.0120. The second-order valence-corrected chi connectivity index (χ2v) is 5.47. The summed E-state index contributed by atoms with van der Waals surface area (Å²) >= 11 is 0. The van der Waals surface area contributed by atoms with Gasteiger partial charge in [0.25, 0.3) is 0 Å². The predicted molar refractivity (Wildman–Crippen MR) is 65.5 cm³/mol. The van der Waals surface area contributed by atoms with Gasteiger partial charge in [-0.15, -0.1) is 0 Å². The highest BCUT2D eigenvalue weighted by Gasteiger charge is 2.47. The van der Waals surface area contributed by atoms with E-state index in [-0.39, 0.29) is 0 Å². The number of hydrogen-bond donors (Lipinski definition) is 1. The average Bonchev–Trinajstić information content (AvgIpc) is 2.60. The van der Waals surface area contributed by atoms with Crippen molar-refractivity contribution in [2.75, 3.05) is 6.54 Å². The van der Waals surface area contributed by atoms with E-state index in [4.69, 9.17) is 0 Å². The molecule has 2 atom stereocenters. The van der Waals surface area contributed by atoms with Gasteiger partial charge in [0, 0.05) is 6.04 Å². The molecule has 1 N–H and O–H groups in total. The van der Waals surface area contributed by atoms with Gasteiger partial charge in [0.1, 0.15) is 5.54 Å². The minimum atomic E-state index is -0.636. The lowest BCUT2D eigenvalue weighted by molar-refractivity contribution is -0.151. The molecular weight excluding hydrogens is 202 g/mol. The van der Waals surface area contributed by atoms with Gasteiger partial charge in [-0.05, 0) is 45.1 Å². The molecule has 0 aliphatic carbocycles. The van der Waals surface area contributed by atoms with E-state index in [1.165, 1.54) is 0 Å². The topological polar surface area (TPSA) is 40.5 Å². The summed E-state index contributed by atoms with van der Waals surface area (Å²) in [6.07, 6.45) is 3.61. The fraction of sp³-hybridized carbons (Fsp3) is 0.923. The molecule has 94 valence electrons. The fourth-order valence-electron chi connectivity index (χ4n) is 3.11. The maximum atomic E-state index is 11.5. The van der Waals surface area contributed by atoms with Crippen LogP contribution in [0, 0.1) is 5.92 Å². The van der Waals surface area contributed by atoms with Crippen LogP contribution in [-0.2, 0) is 4.79 Å². The van der Waals surface area contributed by atoms with Crippen molar-refractivity contribution in [2.45, 2.75) is 65.0 Å². The van der Waals surface area contributed by atoms with Crippen LogP contribution in [0.3, 0.4) is 0 Å². The van der Waals surface area contributed by atoms with Crippen LogP contribution in [0.25, 0.3) is 0 Å². The van der Waals surface area contributed by atoms with E-state index in [0.717, 1.165) is 25.8 Å². The van der Waals surface area contributed by atoms with Crippen molar-refractivity contribution < 1.29 is 9.90 Å². The van der Waals surface area contributed by atoms with Crippen molar-refractivity contribution >= 4 is 5.97 Å². The molecule has 1 saturated heterocycles. The molecule has 1 heterocycles. The zero-order chi connectivity index (χ0) is 12.3. The lowest BCUT2D eigenvalue weighted by atomic mass is 9.90. The number of carboxylic acids is 1. The van der Waals surface area contributed by atoms with Crippen molar-refractivity contribution in [1.29, 1.82) is 0 Å². The molecule has 16 heavy (non-hydrogen) atoms. The molecule has 1 aliphatic heterocycles. The number of rotatable bonds is 5. The fourth-order valence-corrected chi connectivity index (χ4v) is 3.11. The summed E-state index contributed by atoms with van der Waals surface area (Å²) in [4.78, 5) is 13.7. The number of hydrogen-bond acceptors (Lipinski definition) is 2. The first-order valence-corrected chi connectivity index (χ1v) is 6.44. The Kier molecular flexibility index (Phi) is 4.36. The van der Waals surface area contributed by atoms with Crippen molar-refractivity contribution in [1.82, 2.24) is 4.90 Å². The van der Waals surface area contributed by atoms with Crippen LogP contribution in [0.5, 0.6) is 0 Å². The third-order valence-corrected chi connectivity index (χ3v) is 3.87. The number of carboxylic acid groups (broad SMARTS) is 1. The van der Waals surface area contributed by atoms with Crippen LogP contribution in [0.15, 0.2) is 0 Å². The molecular formula is C13H25NO2. The molecule has 0 aromatic heterocycles. The molecule has 0 bridgehead atoms. The minimum Gasteiger partial charge on any atom is -0.480 e. The highest BCUT2D eigenvalue weighted by atomic mass is 16.4. The van der Waals surface area contributed by atoms with Gasteiger partial charge >= 0.3 is 5.97 Å². The first kappa shape index (κ1) is 13.5. The van der Waals surface area contributed by atoms with E-state index in [0.29, 0.717) is 18.4 Å². The van der Waals surface area contributed by atoms with Crippen LogP contribution in [0.4, 0.5) is 0 Å². The maximum Gasteiger partial charge on any atom is 0.324 e. The van der Waals surface area contributed by atoms with E-state index < -0.39 is 11.5 Å². The van der Waals surface area contributed by atoms with Crippen LogP contribution in [0.1, 0.15) is 53.4 Å². The Morgan fingerprint density at radius 1 is 1.44 bits per heavy atom. The first-order chi connectivity index (χ1) is 7.44. The largest absolute Gasteiger partial charge is 0.480 e.